The molecule has 106 valence electrons. The Morgan fingerprint density at radius 3 is 2.20 bits per heavy atom. The average molecular weight is 278 g/mol. The molecule has 0 N–H and O–H groups in total. The molecule has 2 aromatic carbocycles. The van der Waals surface area contributed by atoms with E-state index < -0.39 is 6.61 Å². The lowest BCUT2D eigenvalue weighted by Crippen LogP contribution is -2.04. The molecule has 0 fully saturated rings. The fraction of sp³-hybridized carbons (Fsp3) is 0.250. The number of methoxy groups -OCH3 is 1. The summed E-state index contributed by atoms with van der Waals surface area (Å²) in [5, 5.41) is 0. The molecular formula is C16H16F2O2. The van der Waals surface area contributed by atoms with Gasteiger partial charge in [-0.3, -0.25) is 0 Å². The third-order valence-corrected chi connectivity index (χ3v) is 3.15. The highest BCUT2D eigenvalue weighted by molar-refractivity contribution is 5.77. The first kappa shape index (κ1) is 14.3. The molecule has 20 heavy (non-hydrogen) atoms. The zero-order valence-corrected chi connectivity index (χ0v) is 11.6. The van der Waals surface area contributed by atoms with Crippen LogP contribution in [0.15, 0.2) is 36.4 Å². The van der Waals surface area contributed by atoms with Gasteiger partial charge in [-0.1, -0.05) is 18.2 Å². The van der Waals surface area contributed by atoms with Gasteiger partial charge in [0.05, 0.1) is 7.11 Å². The summed E-state index contributed by atoms with van der Waals surface area (Å²) >= 11 is 0. The second-order valence-electron chi connectivity index (χ2n) is 4.51. The van der Waals surface area contributed by atoms with E-state index in [-0.39, 0.29) is 5.75 Å². The first-order chi connectivity index (χ1) is 9.52. The predicted octanol–water partition coefficient (Wildman–Crippen LogP) is 4.58. The molecule has 0 heterocycles. The molecule has 0 saturated carbocycles. The summed E-state index contributed by atoms with van der Waals surface area (Å²) in [5.41, 5.74) is 3.50. The van der Waals surface area contributed by atoms with Gasteiger partial charge >= 0.3 is 6.61 Å². The molecule has 2 aromatic rings. The third kappa shape index (κ3) is 2.90. The highest BCUT2D eigenvalue weighted by Crippen LogP contribution is 2.37. The normalized spacial score (nSPS) is 10.7. The van der Waals surface area contributed by atoms with Gasteiger partial charge in [0.2, 0.25) is 0 Å². The van der Waals surface area contributed by atoms with Crippen molar-refractivity contribution in [3.8, 4) is 22.6 Å². The van der Waals surface area contributed by atoms with Crippen molar-refractivity contribution in [2.24, 2.45) is 0 Å². The molecule has 0 aliphatic carbocycles. The maximum absolute atomic E-state index is 12.5. The SMILES string of the molecule is COc1ccc(OC(F)F)c(-c2c(C)cccc2C)c1. The van der Waals surface area contributed by atoms with Crippen molar-refractivity contribution in [1.82, 2.24) is 0 Å². The highest BCUT2D eigenvalue weighted by Gasteiger charge is 2.15. The molecule has 0 aromatic heterocycles. The Kier molecular flexibility index (Phi) is 4.23. The van der Waals surface area contributed by atoms with Gasteiger partial charge in [-0.2, -0.15) is 8.78 Å². The number of halogens is 2. The van der Waals surface area contributed by atoms with Crippen LogP contribution in [0.3, 0.4) is 0 Å². The van der Waals surface area contributed by atoms with Crippen molar-refractivity contribution in [2.75, 3.05) is 7.11 Å². The van der Waals surface area contributed by atoms with E-state index in [0.29, 0.717) is 11.3 Å². The first-order valence-electron chi connectivity index (χ1n) is 6.22. The van der Waals surface area contributed by atoms with E-state index in [2.05, 4.69) is 4.74 Å². The van der Waals surface area contributed by atoms with Crippen molar-refractivity contribution >= 4 is 0 Å². The topological polar surface area (TPSA) is 18.5 Å². The number of ether oxygens (including phenoxy) is 2. The lowest BCUT2D eigenvalue weighted by molar-refractivity contribution is -0.0494. The average Bonchev–Trinajstić information content (AvgIpc) is 2.39. The summed E-state index contributed by atoms with van der Waals surface area (Å²) in [6.07, 6.45) is 0. The maximum Gasteiger partial charge on any atom is 0.387 e. The number of rotatable bonds is 4. The summed E-state index contributed by atoms with van der Waals surface area (Å²) < 4.78 is 34.9. The summed E-state index contributed by atoms with van der Waals surface area (Å²) in [6, 6.07) is 10.6. The molecule has 0 aliphatic rings. The highest BCUT2D eigenvalue weighted by atomic mass is 19.3. The quantitative estimate of drug-likeness (QED) is 0.815. The van der Waals surface area contributed by atoms with Gasteiger partial charge in [0.25, 0.3) is 0 Å². The minimum atomic E-state index is -2.86. The smallest absolute Gasteiger partial charge is 0.387 e. The van der Waals surface area contributed by atoms with Gasteiger partial charge in [-0.25, -0.2) is 0 Å². The van der Waals surface area contributed by atoms with Crippen LogP contribution in [0.25, 0.3) is 11.1 Å². The van der Waals surface area contributed by atoms with E-state index in [1.54, 1.807) is 12.1 Å². The molecule has 0 aliphatic heterocycles. The number of benzene rings is 2. The second-order valence-corrected chi connectivity index (χ2v) is 4.51. The van der Waals surface area contributed by atoms with E-state index in [0.717, 1.165) is 16.7 Å². The van der Waals surface area contributed by atoms with Gasteiger partial charge in [0, 0.05) is 5.56 Å². The Bertz CT molecular complexity index is 589. The van der Waals surface area contributed by atoms with Crippen molar-refractivity contribution in [3.63, 3.8) is 0 Å². The van der Waals surface area contributed by atoms with Gasteiger partial charge in [0.1, 0.15) is 11.5 Å². The zero-order valence-electron chi connectivity index (χ0n) is 11.6. The molecule has 0 amide bonds. The summed E-state index contributed by atoms with van der Waals surface area (Å²) in [7, 11) is 1.54. The Morgan fingerprint density at radius 2 is 1.65 bits per heavy atom. The van der Waals surface area contributed by atoms with Crippen LogP contribution in [0, 0.1) is 13.8 Å². The minimum absolute atomic E-state index is 0.151. The van der Waals surface area contributed by atoms with Gasteiger partial charge in [-0.15, -0.1) is 0 Å². The van der Waals surface area contributed by atoms with Crippen LogP contribution in [-0.2, 0) is 0 Å². The Balaban J connectivity index is 2.63. The summed E-state index contributed by atoms with van der Waals surface area (Å²) in [4.78, 5) is 0. The fourth-order valence-corrected chi connectivity index (χ4v) is 2.27. The van der Waals surface area contributed by atoms with Crippen LogP contribution in [0.5, 0.6) is 11.5 Å². The Hall–Kier alpha value is -2.10. The van der Waals surface area contributed by atoms with Gasteiger partial charge < -0.3 is 9.47 Å². The van der Waals surface area contributed by atoms with Crippen LogP contribution in [0.1, 0.15) is 11.1 Å². The zero-order chi connectivity index (χ0) is 14.7. The first-order valence-corrected chi connectivity index (χ1v) is 6.22. The van der Waals surface area contributed by atoms with Crippen LogP contribution in [0.4, 0.5) is 8.78 Å². The van der Waals surface area contributed by atoms with Crippen molar-refractivity contribution in [2.45, 2.75) is 20.5 Å². The Morgan fingerprint density at radius 1 is 1.00 bits per heavy atom. The number of aryl methyl sites for hydroxylation is 2. The molecule has 0 radical (unpaired) electrons. The summed E-state index contributed by atoms with van der Waals surface area (Å²) in [5.74, 6) is 0.752. The predicted molar refractivity (Wildman–Crippen MR) is 74.5 cm³/mol. The lowest BCUT2D eigenvalue weighted by atomic mass is 9.95. The van der Waals surface area contributed by atoms with Crippen molar-refractivity contribution in [1.29, 1.82) is 0 Å². The standard InChI is InChI=1S/C16H16F2O2/c1-10-5-4-6-11(2)15(10)13-9-12(19-3)7-8-14(13)20-16(17)18/h4-9,16H,1-3H3. The van der Waals surface area contributed by atoms with Crippen molar-refractivity contribution in [3.05, 3.63) is 47.5 Å². The van der Waals surface area contributed by atoms with Crippen LogP contribution in [-0.4, -0.2) is 13.7 Å². The fourth-order valence-electron chi connectivity index (χ4n) is 2.27. The van der Waals surface area contributed by atoms with Crippen molar-refractivity contribution < 1.29 is 18.3 Å². The van der Waals surface area contributed by atoms with E-state index in [1.165, 1.54) is 13.2 Å². The molecule has 0 unspecified atom stereocenters. The van der Waals surface area contributed by atoms with Gasteiger partial charge in [-0.05, 0) is 48.7 Å². The largest absolute Gasteiger partial charge is 0.497 e. The Labute approximate surface area is 117 Å². The molecule has 0 spiro atoms. The van der Waals surface area contributed by atoms with Crippen LogP contribution in [0.2, 0.25) is 0 Å². The lowest BCUT2D eigenvalue weighted by Gasteiger charge is -2.16. The molecule has 2 rings (SSSR count). The third-order valence-electron chi connectivity index (χ3n) is 3.15. The van der Waals surface area contributed by atoms with E-state index in [1.807, 2.05) is 32.0 Å². The second kappa shape index (κ2) is 5.90. The number of alkyl halides is 2. The monoisotopic (exact) mass is 278 g/mol. The molecule has 2 nitrogen and oxygen atoms in total. The van der Waals surface area contributed by atoms with Crippen LogP contribution < -0.4 is 9.47 Å². The molecule has 0 bridgehead atoms. The molecule has 0 atom stereocenters. The molecular weight excluding hydrogens is 262 g/mol. The number of hydrogen-bond acceptors (Lipinski definition) is 2. The van der Waals surface area contributed by atoms with E-state index >= 15 is 0 Å². The summed E-state index contributed by atoms with van der Waals surface area (Å²) in [6.45, 7) is 1.02. The van der Waals surface area contributed by atoms with Gasteiger partial charge in [0.15, 0.2) is 0 Å². The van der Waals surface area contributed by atoms with E-state index in [9.17, 15) is 8.78 Å². The molecule has 4 heteroatoms. The van der Waals surface area contributed by atoms with Crippen LogP contribution >= 0.6 is 0 Å². The molecule has 0 saturated heterocycles. The number of hydrogen-bond donors (Lipinski definition) is 0. The maximum atomic E-state index is 12.5. The minimum Gasteiger partial charge on any atom is -0.497 e. The van der Waals surface area contributed by atoms with E-state index in [4.69, 9.17) is 4.74 Å².